The highest BCUT2D eigenvalue weighted by atomic mass is 16.4. The molecule has 4 heteroatoms. The van der Waals surface area contributed by atoms with Crippen LogP contribution >= 0.6 is 0 Å². The molecule has 0 spiro atoms. The normalized spacial score (nSPS) is 29.6. The number of carboxylic acid groups (broad SMARTS) is 1. The number of hydrogen-bond acceptors (Lipinski definition) is 2. The van der Waals surface area contributed by atoms with Gasteiger partial charge in [0.15, 0.2) is 0 Å². The summed E-state index contributed by atoms with van der Waals surface area (Å²) in [6.07, 6.45) is 4.74. The lowest BCUT2D eigenvalue weighted by Crippen LogP contribution is -2.39. The minimum Gasteiger partial charge on any atom is -0.481 e. The number of aliphatic carboxylic acids is 1. The summed E-state index contributed by atoms with van der Waals surface area (Å²) in [6.45, 7) is 2.46. The van der Waals surface area contributed by atoms with Gasteiger partial charge in [-0.25, -0.2) is 0 Å². The molecule has 1 aromatic carbocycles. The molecule has 4 atom stereocenters. The quantitative estimate of drug-likeness (QED) is 0.833. The monoisotopic (exact) mass is 285 g/mol. The molecule has 0 saturated heterocycles. The Bertz CT molecular complexity index is 591. The number of carbonyl (C=O) groups is 2. The molecule has 0 heterocycles. The van der Waals surface area contributed by atoms with Gasteiger partial charge in [0, 0.05) is 6.54 Å². The third-order valence-corrected chi connectivity index (χ3v) is 4.63. The van der Waals surface area contributed by atoms with Crippen LogP contribution in [0.1, 0.15) is 17.5 Å². The largest absolute Gasteiger partial charge is 0.481 e. The van der Waals surface area contributed by atoms with Crippen molar-refractivity contribution in [1.82, 2.24) is 5.32 Å². The van der Waals surface area contributed by atoms with Crippen LogP contribution in [0.4, 0.5) is 0 Å². The van der Waals surface area contributed by atoms with E-state index in [2.05, 4.69) is 5.32 Å². The van der Waals surface area contributed by atoms with Crippen LogP contribution in [0, 0.1) is 30.6 Å². The molecule has 2 aliphatic carbocycles. The molecule has 0 unspecified atom stereocenters. The van der Waals surface area contributed by atoms with Crippen molar-refractivity contribution >= 4 is 11.9 Å². The van der Waals surface area contributed by atoms with Gasteiger partial charge < -0.3 is 10.4 Å². The highest BCUT2D eigenvalue weighted by Crippen LogP contribution is 2.48. The minimum atomic E-state index is -0.859. The van der Waals surface area contributed by atoms with Gasteiger partial charge in [-0.15, -0.1) is 0 Å². The van der Waals surface area contributed by atoms with Crippen LogP contribution in [0.15, 0.2) is 36.4 Å². The number of allylic oxidation sites excluding steroid dienone is 2. The summed E-state index contributed by atoms with van der Waals surface area (Å²) in [5.74, 6) is -1.90. The van der Waals surface area contributed by atoms with Gasteiger partial charge in [-0.3, -0.25) is 9.59 Å². The van der Waals surface area contributed by atoms with E-state index < -0.39 is 17.8 Å². The van der Waals surface area contributed by atoms with E-state index in [4.69, 9.17) is 0 Å². The first-order chi connectivity index (χ1) is 10.1. The molecule has 2 aliphatic rings. The molecular formula is C17H19NO3. The zero-order chi connectivity index (χ0) is 15.0. The smallest absolute Gasteiger partial charge is 0.307 e. The van der Waals surface area contributed by atoms with Gasteiger partial charge in [0.05, 0.1) is 11.8 Å². The maximum absolute atomic E-state index is 12.4. The summed E-state index contributed by atoms with van der Waals surface area (Å²) < 4.78 is 0. The van der Waals surface area contributed by atoms with Crippen LogP contribution in [0.2, 0.25) is 0 Å². The Morgan fingerprint density at radius 3 is 2.38 bits per heavy atom. The maximum Gasteiger partial charge on any atom is 0.307 e. The van der Waals surface area contributed by atoms with Crippen LogP contribution in [0.5, 0.6) is 0 Å². The fourth-order valence-electron chi connectivity index (χ4n) is 3.53. The average molecular weight is 285 g/mol. The van der Waals surface area contributed by atoms with Gasteiger partial charge in [-0.05, 0) is 30.7 Å². The number of aryl methyl sites for hydroxylation is 1. The highest BCUT2D eigenvalue weighted by Gasteiger charge is 2.51. The Balaban J connectivity index is 1.66. The Morgan fingerprint density at radius 1 is 1.14 bits per heavy atom. The highest BCUT2D eigenvalue weighted by molar-refractivity contribution is 5.86. The summed E-state index contributed by atoms with van der Waals surface area (Å²) in [6, 6.07) is 7.96. The van der Waals surface area contributed by atoms with Gasteiger partial charge in [-0.1, -0.05) is 42.0 Å². The summed E-state index contributed by atoms with van der Waals surface area (Å²) >= 11 is 0. The molecule has 1 aromatic rings. The molecule has 1 amide bonds. The van der Waals surface area contributed by atoms with Gasteiger partial charge in [-0.2, -0.15) is 0 Å². The number of nitrogens with one attached hydrogen (secondary N) is 1. The van der Waals surface area contributed by atoms with E-state index in [1.165, 1.54) is 5.56 Å². The fourth-order valence-corrected chi connectivity index (χ4v) is 3.53. The van der Waals surface area contributed by atoms with Crippen molar-refractivity contribution in [3.8, 4) is 0 Å². The fraction of sp³-hybridized carbons (Fsp3) is 0.412. The summed E-state index contributed by atoms with van der Waals surface area (Å²) in [7, 11) is 0. The van der Waals surface area contributed by atoms with E-state index >= 15 is 0 Å². The molecule has 110 valence electrons. The number of amides is 1. The second-order valence-corrected chi connectivity index (χ2v) is 6.04. The number of carboxylic acids is 1. The molecule has 2 N–H and O–H groups in total. The summed E-state index contributed by atoms with van der Waals surface area (Å²) in [4.78, 5) is 23.8. The van der Waals surface area contributed by atoms with Crippen LogP contribution in [-0.2, 0) is 16.1 Å². The van der Waals surface area contributed by atoms with Gasteiger partial charge in [0.2, 0.25) is 5.91 Å². The van der Waals surface area contributed by atoms with Crippen molar-refractivity contribution in [1.29, 1.82) is 0 Å². The molecule has 0 aliphatic heterocycles. The van der Waals surface area contributed by atoms with E-state index in [0.717, 1.165) is 12.0 Å². The van der Waals surface area contributed by atoms with Crippen molar-refractivity contribution in [3.05, 3.63) is 47.5 Å². The second kappa shape index (κ2) is 5.35. The van der Waals surface area contributed by atoms with Crippen molar-refractivity contribution in [3.63, 3.8) is 0 Å². The van der Waals surface area contributed by atoms with Crippen molar-refractivity contribution in [2.24, 2.45) is 23.7 Å². The predicted molar refractivity (Wildman–Crippen MR) is 78.4 cm³/mol. The molecule has 2 bridgehead atoms. The third-order valence-electron chi connectivity index (χ3n) is 4.63. The molecular weight excluding hydrogens is 266 g/mol. The molecule has 0 aromatic heterocycles. The van der Waals surface area contributed by atoms with E-state index in [0.29, 0.717) is 6.54 Å². The van der Waals surface area contributed by atoms with Gasteiger partial charge >= 0.3 is 5.97 Å². The zero-order valence-electron chi connectivity index (χ0n) is 12.0. The van der Waals surface area contributed by atoms with Crippen molar-refractivity contribution in [2.45, 2.75) is 19.9 Å². The summed E-state index contributed by atoms with van der Waals surface area (Å²) in [5, 5.41) is 12.3. The minimum absolute atomic E-state index is 0.0163. The molecule has 3 rings (SSSR count). The van der Waals surface area contributed by atoms with Crippen LogP contribution in [0.3, 0.4) is 0 Å². The Hall–Kier alpha value is -2.10. The number of rotatable bonds is 4. The first-order valence-corrected chi connectivity index (χ1v) is 7.30. The molecule has 21 heavy (non-hydrogen) atoms. The number of hydrogen-bond donors (Lipinski definition) is 2. The average Bonchev–Trinajstić information content (AvgIpc) is 3.06. The first kappa shape index (κ1) is 13.9. The topological polar surface area (TPSA) is 66.4 Å². The third kappa shape index (κ3) is 2.58. The number of carbonyl (C=O) groups excluding carboxylic acids is 1. The second-order valence-electron chi connectivity index (χ2n) is 6.04. The molecule has 4 nitrogen and oxygen atoms in total. The number of fused-ring (bicyclic) bond motifs is 2. The summed E-state index contributed by atoms with van der Waals surface area (Å²) in [5.41, 5.74) is 2.20. The Morgan fingerprint density at radius 2 is 1.76 bits per heavy atom. The van der Waals surface area contributed by atoms with E-state index in [-0.39, 0.29) is 17.7 Å². The lowest BCUT2D eigenvalue weighted by atomic mass is 9.82. The predicted octanol–water partition coefficient (Wildman–Crippen LogP) is 2.13. The lowest BCUT2D eigenvalue weighted by molar-refractivity contribution is -0.147. The van der Waals surface area contributed by atoms with E-state index in [9.17, 15) is 14.7 Å². The van der Waals surface area contributed by atoms with Gasteiger partial charge in [0.1, 0.15) is 0 Å². The SMILES string of the molecule is Cc1ccc(CNC(=O)[C@H]2[C@@H](C(=O)O)[C@H]3C=C[C@H]2C3)cc1. The van der Waals surface area contributed by atoms with Crippen molar-refractivity contribution < 1.29 is 14.7 Å². The Labute approximate surface area is 123 Å². The maximum atomic E-state index is 12.4. The zero-order valence-corrected chi connectivity index (χ0v) is 12.0. The van der Waals surface area contributed by atoms with Gasteiger partial charge in [0.25, 0.3) is 0 Å². The van der Waals surface area contributed by atoms with E-state index in [1.807, 2.05) is 43.3 Å². The molecule has 0 radical (unpaired) electrons. The van der Waals surface area contributed by atoms with Crippen LogP contribution in [-0.4, -0.2) is 17.0 Å². The molecule has 1 saturated carbocycles. The van der Waals surface area contributed by atoms with Crippen LogP contribution < -0.4 is 5.32 Å². The lowest BCUT2D eigenvalue weighted by Gasteiger charge is -2.23. The first-order valence-electron chi connectivity index (χ1n) is 7.30. The van der Waals surface area contributed by atoms with Crippen LogP contribution in [0.25, 0.3) is 0 Å². The van der Waals surface area contributed by atoms with E-state index in [1.54, 1.807) is 0 Å². The van der Waals surface area contributed by atoms with Crippen molar-refractivity contribution in [2.75, 3.05) is 0 Å². The standard InChI is InChI=1S/C17H19NO3/c1-10-2-4-11(5-3-10)9-18-16(19)14-12-6-7-13(8-12)15(14)17(20)21/h2-7,12-15H,8-9H2,1H3,(H,18,19)(H,20,21)/t12-,13-,14+,15-/m0/s1. The Kier molecular flexibility index (Phi) is 3.53. The number of benzene rings is 1. The molecule has 1 fully saturated rings.